The van der Waals surface area contributed by atoms with Gasteiger partial charge in [0.05, 0.1) is 5.69 Å². The number of para-hydroxylation sites is 1. The standard InChI is InChI=1S/C12H12BrN3/c13-11-3-1-2-4-12(11)16-7-9-5-10(14)8-15-6-9/h1-6,8,16H,7,14H2. The predicted octanol–water partition coefficient (Wildman–Crippen LogP) is 3.04. The van der Waals surface area contributed by atoms with Crippen LogP contribution in [-0.4, -0.2) is 4.98 Å². The van der Waals surface area contributed by atoms with E-state index in [0.29, 0.717) is 12.2 Å². The molecule has 16 heavy (non-hydrogen) atoms. The predicted molar refractivity (Wildman–Crippen MR) is 70.1 cm³/mol. The normalized spacial score (nSPS) is 10.1. The van der Waals surface area contributed by atoms with E-state index >= 15 is 0 Å². The van der Waals surface area contributed by atoms with E-state index in [1.807, 2.05) is 30.3 Å². The zero-order chi connectivity index (χ0) is 11.4. The van der Waals surface area contributed by atoms with E-state index in [4.69, 9.17) is 5.73 Å². The van der Waals surface area contributed by atoms with E-state index < -0.39 is 0 Å². The number of benzene rings is 1. The third-order valence-corrected chi connectivity index (χ3v) is 2.86. The Balaban J connectivity index is 2.05. The first kappa shape index (κ1) is 11.0. The molecule has 3 N–H and O–H groups in total. The molecule has 0 aliphatic carbocycles. The fourth-order valence-electron chi connectivity index (χ4n) is 1.41. The maximum Gasteiger partial charge on any atom is 0.0504 e. The van der Waals surface area contributed by atoms with Gasteiger partial charge in [0.25, 0.3) is 0 Å². The van der Waals surface area contributed by atoms with Crippen LogP contribution in [0.5, 0.6) is 0 Å². The highest BCUT2D eigenvalue weighted by molar-refractivity contribution is 9.10. The Hall–Kier alpha value is -1.55. The lowest BCUT2D eigenvalue weighted by molar-refractivity contribution is 1.11. The topological polar surface area (TPSA) is 50.9 Å². The molecule has 0 aliphatic heterocycles. The molecular weight excluding hydrogens is 266 g/mol. The summed E-state index contributed by atoms with van der Waals surface area (Å²) in [5.74, 6) is 0. The van der Waals surface area contributed by atoms with Crippen LogP contribution in [0.3, 0.4) is 0 Å². The van der Waals surface area contributed by atoms with E-state index in [0.717, 1.165) is 15.7 Å². The highest BCUT2D eigenvalue weighted by atomic mass is 79.9. The number of nitrogens with two attached hydrogens (primary N) is 1. The van der Waals surface area contributed by atoms with Crippen molar-refractivity contribution in [1.82, 2.24) is 4.98 Å². The maximum absolute atomic E-state index is 5.66. The van der Waals surface area contributed by atoms with E-state index in [2.05, 4.69) is 26.2 Å². The number of nitrogens with one attached hydrogen (secondary N) is 1. The number of anilines is 2. The Bertz CT molecular complexity index is 485. The van der Waals surface area contributed by atoms with E-state index in [1.165, 1.54) is 0 Å². The lowest BCUT2D eigenvalue weighted by Crippen LogP contribution is -2.01. The molecule has 0 aliphatic rings. The van der Waals surface area contributed by atoms with E-state index in [1.54, 1.807) is 12.4 Å². The molecule has 0 saturated heterocycles. The molecule has 0 amide bonds. The Morgan fingerprint density at radius 3 is 2.81 bits per heavy atom. The lowest BCUT2D eigenvalue weighted by atomic mass is 10.2. The highest BCUT2D eigenvalue weighted by Gasteiger charge is 1.98. The number of hydrogen-bond donors (Lipinski definition) is 2. The molecule has 1 aromatic carbocycles. The largest absolute Gasteiger partial charge is 0.397 e. The number of pyridine rings is 1. The number of halogens is 1. The van der Waals surface area contributed by atoms with Crippen molar-refractivity contribution in [2.75, 3.05) is 11.1 Å². The molecule has 0 fully saturated rings. The van der Waals surface area contributed by atoms with Crippen molar-refractivity contribution in [1.29, 1.82) is 0 Å². The van der Waals surface area contributed by atoms with Gasteiger partial charge in [-0.15, -0.1) is 0 Å². The van der Waals surface area contributed by atoms with Crippen molar-refractivity contribution in [3.05, 3.63) is 52.8 Å². The van der Waals surface area contributed by atoms with Gasteiger partial charge in [0.2, 0.25) is 0 Å². The van der Waals surface area contributed by atoms with Crippen molar-refractivity contribution < 1.29 is 0 Å². The summed E-state index contributed by atoms with van der Waals surface area (Å²) in [4.78, 5) is 4.04. The molecule has 0 atom stereocenters. The third kappa shape index (κ3) is 2.73. The molecule has 0 spiro atoms. The number of nitrogen functional groups attached to an aromatic ring is 1. The second-order valence-corrected chi connectivity index (χ2v) is 4.31. The Morgan fingerprint density at radius 2 is 2.06 bits per heavy atom. The second-order valence-electron chi connectivity index (χ2n) is 3.46. The van der Waals surface area contributed by atoms with Gasteiger partial charge in [-0.25, -0.2) is 0 Å². The first-order chi connectivity index (χ1) is 7.75. The molecule has 0 bridgehead atoms. The first-order valence-electron chi connectivity index (χ1n) is 4.93. The molecule has 0 radical (unpaired) electrons. The van der Waals surface area contributed by atoms with Crippen LogP contribution in [0.1, 0.15) is 5.56 Å². The van der Waals surface area contributed by atoms with Crippen molar-refractivity contribution >= 4 is 27.3 Å². The fraction of sp³-hybridized carbons (Fsp3) is 0.0833. The minimum absolute atomic E-state index is 0.687. The van der Waals surface area contributed by atoms with Crippen molar-refractivity contribution in [3.63, 3.8) is 0 Å². The summed E-state index contributed by atoms with van der Waals surface area (Å²) in [6, 6.07) is 9.91. The third-order valence-electron chi connectivity index (χ3n) is 2.17. The second kappa shape index (κ2) is 4.99. The number of nitrogens with zero attached hydrogens (tertiary/aromatic N) is 1. The minimum atomic E-state index is 0.687. The van der Waals surface area contributed by atoms with Gasteiger partial charge in [0.1, 0.15) is 0 Å². The summed E-state index contributed by atoms with van der Waals surface area (Å²) >= 11 is 3.48. The highest BCUT2D eigenvalue weighted by Crippen LogP contribution is 2.21. The first-order valence-corrected chi connectivity index (χ1v) is 5.73. The summed E-state index contributed by atoms with van der Waals surface area (Å²) in [6.07, 6.45) is 3.45. The van der Waals surface area contributed by atoms with Crippen LogP contribution in [0.15, 0.2) is 47.2 Å². The summed E-state index contributed by atoms with van der Waals surface area (Å²) in [5, 5.41) is 3.31. The average molecular weight is 278 g/mol. The van der Waals surface area contributed by atoms with Gasteiger partial charge in [-0.05, 0) is 39.7 Å². The van der Waals surface area contributed by atoms with Gasteiger partial charge in [-0.2, -0.15) is 0 Å². The quantitative estimate of drug-likeness (QED) is 0.907. The molecule has 3 nitrogen and oxygen atoms in total. The van der Waals surface area contributed by atoms with Crippen molar-refractivity contribution in [2.45, 2.75) is 6.54 Å². The van der Waals surface area contributed by atoms with E-state index in [9.17, 15) is 0 Å². The van der Waals surface area contributed by atoms with Crippen LogP contribution < -0.4 is 11.1 Å². The zero-order valence-electron chi connectivity index (χ0n) is 8.65. The number of aromatic nitrogens is 1. The van der Waals surface area contributed by atoms with Gasteiger partial charge in [0, 0.05) is 29.1 Å². The van der Waals surface area contributed by atoms with Crippen LogP contribution in [0.2, 0.25) is 0 Å². The smallest absolute Gasteiger partial charge is 0.0504 e. The summed E-state index contributed by atoms with van der Waals surface area (Å²) in [7, 11) is 0. The molecule has 1 heterocycles. The molecule has 0 saturated carbocycles. The maximum atomic E-state index is 5.66. The molecule has 82 valence electrons. The molecule has 2 rings (SSSR count). The van der Waals surface area contributed by atoms with Gasteiger partial charge in [0.15, 0.2) is 0 Å². The van der Waals surface area contributed by atoms with Crippen LogP contribution in [0.25, 0.3) is 0 Å². The Labute approximate surface area is 103 Å². The molecule has 2 aromatic rings. The SMILES string of the molecule is Nc1cncc(CNc2ccccc2Br)c1. The van der Waals surface area contributed by atoms with Crippen molar-refractivity contribution in [2.24, 2.45) is 0 Å². The van der Waals surface area contributed by atoms with Crippen LogP contribution in [-0.2, 0) is 6.54 Å². The lowest BCUT2D eigenvalue weighted by Gasteiger charge is -2.08. The Kier molecular flexibility index (Phi) is 3.41. The zero-order valence-corrected chi connectivity index (χ0v) is 10.2. The van der Waals surface area contributed by atoms with Crippen molar-refractivity contribution in [3.8, 4) is 0 Å². The minimum Gasteiger partial charge on any atom is -0.397 e. The van der Waals surface area contributed by atoms with Gasteiger partial charge in [-0.3, -0.25) is 4.98 Å². The number of rotatable bonds is 3. The van der Waals surface area contributed by atoms with Crippen LogP contribution in [0, 0.1) is 0 Å². The van der Waals surface area contributed by atoms with Crippen LogP contribution in [0.4, 0.5) is 11.4 Å². The molecule has 1 aromatic heterocycles. The van der Waals surface area contributed by atoms with Gasteiger partial charge in [-0.1, -0.05) is 12.1 Å². The van der Waals surface area contributed by atoms with Crippen LogP contribution >= 0.6 is 15.9 Å². The van der Waals surface area contributed by atoms with Gasteiger partial charge < -0.3 is 11.1 Å². The summed E-state index contributed by atoms with van der Waals surface area (Å²) in [6.45, 7) is 0.709. The molecular formula is C12H12BrN3. The average Bonchev–Trinajstić information content (AvgIpc) is 2.28. The van der Waals surface area contributed by atoms with E-state index in [-0.39, 0.29) is 0 Å². The molecule has 0 unspecified atom stereocenters. The number of hydrogen-bond acceptors (Lipinski definition) is 3. The summed E-state index contributed by atoms with van der Waals surface area (Å²) in [5.41, 5.74) is 8.47. The molecule has 4 heteroatoms. The fourth-order valence-corrected chi connectivity index (χ4v) is 1.83. The summed E-state index contributed by atoms with van der Waals surface area (Å²) < 4.78 is 1.05. The van der Waals surface area contributed by atoms with Gasteiger partial charge >= 0.3 is 0 Å². The Morgan fingerprint density at radius 1 is 1.25 bits per heavy atom. The monoisotopic (exact) mass is 277 g/mol.